The van der Waals surface area contributed by atoms with E-state index in [1.165, 1.54) is 13.8 Å². The van der Waals surface area contributed by atoms with Crippen LogP contribution in [0.15, 0.2) is 109 Å². The van der Waals surface area contributed by atoms with Crippen LogP contribution in [0.2, 0.25) is 0 Å². The van der Waals surface area contributed by atoms with Gasteiger partial charge in [0.15, 0.2) is 11.5 Å². The summed E-state index contributed by atoms with van der Waals surface area (Å²) in [6, 6.07) is 28.3. The van der Waals surface area contributed by atoms with E-state index in [9.17, 15) is 19.2 Å². The number of nitrogens with zero attached hydrogens (tertiary/aromatic N) is 4. The standard InChI is InChI=1S/C52H58N8O8/c1-33(61)55-45(37-13-7-5-8-14-37)51(63)59-25-11-17-43(59)49-53-31-41(57-49)36-21-19-35(20-22-36)39-23-24-40(48(68-30-28-66-4)47(39)67-29-27-65-3)42-32-54-50(58-42)44-18-12-26-60(44)52(64)46(56-34(2)62)38-15-9-6-10-16-38/h5-10,13-16,19-24,31-32,43-46H,11-12,17-18,25-30H2,1-4H3,(H,53,57)(H,54,58)(H,55,61)(H,56,62)/t43-,44-,45+,46+/m0/s1. The molecule has 68 heavy (non-hydrogen) atoms. The highest BCUT2D eigenvalue weighted by molar-refractivity contribution is 5.89. The van der Waals surface area contributed by atoms with Gasteiger partial charge in [-0.25, -0.2) is 9.97 Å². The zero-order valence-electron chi connectivity index (χ0n) is 38.8. The normalized spacial score (nSPS) is 16.6. The number of likely N-dealkylation sites (tertiary alicyclic amines) is 2. The Bertz CT molecular complexity index is 2670. The fourth-order valence-corrected chi connectivity index (χ4v) is 9.10. The summed E-state index contributed by atoms with van der Waals surface area (Å²) in [5, 5.41) is 5.71. The Kier molecular flexibility index (Phi) is 15.3. The maximum Gasteiger partial charge on any atom is 0.250 e. The van der Waals surface area contributed by atoms with Crippen molar-refractivity contribution in [3.8, 4) is 45.1 Å². The van der Waals surface area contributed by atoms with Gasteiger partial charge in [0, 0.05) is 52.3 Å². The van der Waals surface area contributed by atoms with Gasteiger partial charge < -0.3 is 49.3 Å². The Hall–Kier alpha value is -7.30. The summed E-state index contributed by atoms with van der Waals surface area (Å²) in [4.78, 5) is 72.8. The largest absolute Gasteiger partial charge is 0.487 e. The second-order valence-corrected chi connectivity index (χ2v) is 16.9. The van der Waals surface area contributed by atoms with Crippen molar-refractivity contribution in [3.05, 3.63) is 132 Å². The molecule has 6 aromatic rings. The fourth-order valence-electron chi connectivity index (χ4n) is 9.10. The molecule has 2 aliphatic heterocycles. The molecule has 0 bridgehead atoms. The summed E-state index contributed by atoms with van der Waals surface area (Å²) in [6.45, 7) is 5.09. The van der Waals surface area contributed by atoms with Gasteiger partial charge in [0.2, 0.25) is 23.6 Å². The summed E-state index contributed by atoms with van der Waals surface area (Å²) in [7, 11) is 3.23. The lowest BCUT2D eigenvalue weighted by atomic mass is 9.98. The van der Waals surface area contributed by atoms with Gasteiger partial charge in [0.05, 0.1) is 49.1 Å². The van der Waals surface area contributed by atoms with Crippen molar-refractivity contribution in [2.24, 2.45) is 0 Å². The van der Waals surface area contributed by atoms with Gasteiger partial charge in [-0.1, -0.05) is 84.9 Å². The minimum atomic E-state index is -0.827. The predicted octanol–water partition coefficient (Wildman–Crippen LogP) is 7.27. The van der Waals surface area contributed by atoms with Crippen LogP contribution in [-0.4, -0.2) is 107 Å². The van der Waals surface area contributed by atoms with Crippen LogP contribution in [0.3, 0.4) is 0 Å². The number of H-pyrrole nitrogens is 2. The number of rotatable bonds is 19. The van der Waals surface area contributed by atoms with Crippen LogP contribution >= 0.6 is 0 Å². The van der Waals surface area contributed by atoms with Crippen LogP contribution in [0.4, 0.5) is 0 Å². The molecule has 8 rings (SSSR count). The molecule has 16 heteroatoms. The first-order valence-electron chi connectivity index (χ1n) is 23.0. The lowest BCUT2D eigenvalue weighted by molar-refractivity contribution is -0.137. The molecule has 0 aliphatic carbocycles. The Labute approximate surface area is 395 Å². The highest BCUT2D eigenvalue weighted by Gasteiger charge is 2.38. The maximum atomic E-state index is 14.1. The second-order valence-electron chi connectivity index (χ2n) is 16.9. The molecule has 4 N–H and O–H groups in total. The van der Waals surface area contributed by atoms with Crippen LogP contribution in [0.5, 0.6) is 11.5 Å². The topological polar surface area (TPSA) is 193 Å². The van der Waals surface area contributed by atoms with Crippen molar-refractivity contribution < 1.29 is 38.1 Å². The van der Waals surface area contributed by atoms with Crippen LogP contribution < -0.4 is 20.1 Å². The van der Waals surface area contributed by atoms with Crippen molar-refractivity contribution in [1.29, 1.82) is 0 Å². The van der Waals surface area contributed by atoms with E-state index in [1.807, 2.05) is 102 Å². The fraction of sp³-hybridized carbons (Fsp3) is 0.346. The van der Waals surface area contributed by atoms with Crippen LogP contribution in [0.25, 0.3) is 33.6 Å². The molecule has 2 saturated heterocycles. The lowest BCUT2D eigenvalue weighted by Gasteiger charge is -2.28. The molecule has 0 radical (unpaired) electrons. The molecule has 0 spiro atoms. The van der Waals surface area contributed by atoms with Crippen LogP contribution in [0, 0.1) is 0 Å². The maximum absolute atomic E-state index is 14.1. The SMILES string of the molecule is COCCOc1c(-c2ccc(-c3cnc([C@@H]4CCCN4C(=O)[C@H](NC(C)=O)c4ccccc4)[nH]3)cc2)ccc(-c2cnc([C@@H]3CCCN3C(=O)[C@H](NC(C)=O)c3ccccc3)[nH]2)c1OCCOC. The molecule has 4 heterocycles. The number of hydrogen-bond donors (Lipinski definition) is 4. The van der Waals surface area contributed by atoms with Gasteiger partial charge in [-0.05, 0) is 60.1 Å². The molecule has 4 aromatic carbocycles. The van der Waals surface area contributed by atoms with E-state index in [2.05, 4.69) is 20.6 Å². The van der Waals surface area contributed by atoms with Crippen molar-refractivity contribution in [2.75, 3.05) is 53.7 Å². The third-order valence-electron chi connectivity index (χ3n) is 12.3. The number of carbonyl (C=O) groups excluding carboxylic acids is 4. The molecule has 354 valence electrons. The molecule has 0 saturated carbocycles. The van der Waals surface area contributed by atoms with Crippen molar-refractivity contribution in [3.63, 3.8) is 0 Å². The Morgan fingerprint density at radius 2 is 1.03 bits per heavy atom. The molecule has 4 atom stereocenters. The second kappa shape index (κ2) is 22.0. The third-order valence-corrected chi connectivity index (χ3v) is 12.3. The summed E-state index contributed by atoms with van der Waals surface area (Å²) < 4.78 is 23.8. The summed E-state index contributed by atoms with van der Waals surface area (Å²) in [6.07, 6.45) is 6.56. The smallest absolute Gasteiger partial charge is 0.250 e. The molecule has 0 unspecified atom stereocenters. The summed E-state index contributed by atoms with van der Waals surface area (Å²) in [5.41, 5.74) is 6.18. The van der Waals surface area contributed by atoms with Gasteiger partial charge in [-0.15, -0.1) is 0 Å². The van der Waals surface area contributed by atoms with Crippen molar-refractivity contribution >= 4 is 23.6 Å². The summed E-state index contributed by atoms with van der Waals surface area (Å²) in [5.74, 6) is 1.38. The van der Waals surface area contributed by atoms with E-state index in [1.54, 1.807) is 31.5 Å². The number of hydrogen-bond acceptors (Lipinski definition) is 10. The number of amides is 4. The average Bonchev–Trinajstić information content (AvgIpc) is 4.21. The van der Waals surface area contributed by atoms with Gasteiger partial charge >= 0.3 is 0 Å². The van der Waals surface area contributed by atoms with E-state index < -0.39 is 12.1 Å². The zero-order valence-corrected chi connectivity index (χ0v) is 38.8. The number of aromatic amines is 2. The lowest BCUT2D eigenvalue weighted by Crippen LogP contribution is -2.42. The van der Waals surface area contributed by atoms with Gasteiger partial charge in [-0.3, -0.25) is 19.2 Å². The predicted molar refractivity (Wildman–Crippen MR) is 255 cm³/mol. The number of methoxy groups -OCH3 is 2. The van der Waals surface area contributed by atoms with Crippen LogP contribution in [-0.2, 0) is 28.7 Å². The Morgan fingerprint density at radius 3 is 1.51 bits per heavy atom. The first-order valence-corrected chi connectivity index (χ1v) is 23.0. The number of nitrogens with one attached hydrogen (secondary N) is 4. The van der Waals surface area contributed by atoms with Crippen LogP contribution in [0.1, 0.15) is 86.5 Å². The zero-order chi connectivity index (χ0) is 47.6. The highest BCUT2D eigenvalue weighted by atomic mass is 16.5. The van der Waals surface area contributed by atoms with E-state index >= 15 is 0 Å². The number of carbonyl (C=O) groups is 4. The number of aromatic nitrogens is 4. The third kappa shape index (κ3) is 10.6. The van der Waals surface area contributed by atoms with Gasteiger partial charge in [0.1, 0.15) is 36.9 Å². The summed E-state index contributed by atoms with van der Waals surface area (Å²) >= 11 is 0. The van der Waals surface area contributed by atoms with E-state index in [0.717, 1.165) is 47.2 Å². The van der Waals surface area contributed by atoms with E-state index in [0.29, 0.717) is 72.7 Å². The van der Waals surface area contributed by atoms with Gasteiger partial charge in [-0.2, -0.15) is 0 Å². The number of ether oxygens (including phenoxy) is 4. The van der Waals surface area contributed by atoms with Crippen molar-refractivity contribution in [2.45, 2.75) is 63.7 Å². The van der Waals surface area contributed by atoms with Crippen molar-refractivity contribution in [1.82, 2.24) is 40.4 Å². The van der Waals surface area contributed by atoms with E-state index in [4.69, 9.17) is 28.9 Å². The average molecular weight is 923 g/mol. The number of benzene rings is 4. The molecule has 2 aliphatic rings. The molecule has 2 aromatic heterocycles. The first kappa shape index (κ1) is 47.2. The molecular formula is C52H58N8O8. The highest BCUT2D eigenvalue weighted by Crippen LogP contribution is 2.46. The minimum absolute atomic E-state index is 0.173. The first-order chi connectivity index (χ1) is 33.1. The number of imidazole rings is 2. The van der Waals surface area contributed by atoms with Gasteiger partial charge in [0.25, 0.3) is 0 Å². The molecular weight excluding hydrogens is 865 g/mol. The molecule has 2 fully saturated rings. The Morgan fingerprint density at radius 1 is 0.588 bits per heavy atom. The Balaban J connectivity index is 1.06. The molecule has 16 nitrogen and oxygen atoms in total. The molecule has 4 amide bonds. The van der Waals surface area contributed by atoms with E-state index in [-0.39, 0.29) is 48.9 Å². The monoisotopic (exact) mass is 922 g/mol. The quantitative estimate of drug-likeness (QED) is 0.0601. The minimum Gasteiger partial charge on any atom is -0.487 e.